The number of carbonyl (C=O) groups excluding carboxylic acids is 1. The molecule has 5 N–H and O–H groups in total. The van der Waals surface area contributed by atoms with E-state index in [4.69, 9.17) is 16.6 Å². The molecule has 0 aliphatic carbocycles. The first-order valence-corrected chi connectivity index (χ1v) is 7.37. The van der Waals surface area contributed by atoms with E-state index < -0.39 is 12.0 Å². The predicted molar refractivity (Wildman–Crippen MR) is 91.2 cm³/mol. The molecule has 0 aliphatic heterocycles. The average Bonchev–Trinajstić information content (AvgIpc) is 2.61. The Labute approximate surface area is 135 Å². The Hall–Kier alpha value is -2.50. The van der Waals surface area contributed by atoms with Crippen LogP contribution in [0.1, 0.15) is 23.2 Å². The number of aliphatic carboxylic acids is 1. The van der Waals surface area contributed by atoms with Crippen molar-refractivity contribution >= 4 is 12.3 Å². The Balaban J connectivity index is 0.000000257. The van der Waals surface area contributed by atoms with Gasteiger partial charge in [0.15, 0.2) is 0 Å². The van der Waals surface area contributed by atoms with Gasteiger partial charge in [-0.2, -0.15) is 0 Å². The summed E-state index contributed by atoms with van der Waals surface area (Å²) in [5, 5.41) is 8.24. The standard InChI is InChI=1S/C13H10O.C5H12N2O2/c14-10-11-6-8-13(9-7-11)12-4-2-1-3-5-12;6-3-1-2-4(7)5(8)9/h1-10H;4H,1-3,6-7H2,(H,8,9). The molecule has 0 bridgehead atoms. The Morgan fingerprint density at radius 2 is 1.61 bits per heavy atom. The zero-order valence-corrected chi connectivity index (χ0v) is 12.9. The minimum Gasteiger partial charge on any atom is -0.480 e. The van der Waals surface area contributed by atoms with Gasteiger partial charge in [-0.1, -0.05) is 54.6 Å². The molecule has 0 spiro atoms. The van der Waals surface area contributed by atoms with Gasteiger partial charge < -0.3 is 16.6 Å². The van der Waals surface area contributed by atoms with Gasteiger partial charge in [0, 0.05) is 5.56 Å². The van der Waals surface area contributed by atoms with Crippen molar-refractivity contribution in [2.45, 2.75) is 18.9 Å². The largest absolute Gasteiger partial charge is 0.480 e. The molecule has 0 aromatic heterocycles. The summed E-state index contributed by atoms with van der Waals surface area (Å²) in [5.41, 5.74) is 13.3. The number of hydrogen-bond donors (Lipinski definition) is 3. The van der Waals surface area contributed by atoms with Crippen LogP contribution in [0.4, 0.5) is 0 Å². The monoisotopic (exact) mass is 314 g/mol. The fourth-order valence-electron chi connectivity index (χ4n) is 1.85. The van der Waals surface area contributed by atoms with E-state index in [1.807, 2.05) is 42.5 Å². The molecule has 1 atom stereocenters. The van der Waals surface area contributed by atoms with Crippen LogP contribution in [-0.2, 0) is 4.79 Å². The Bertz CT molecular complexity index is 597. The summed E-state index contributed by atoms with van der Waals surface area (Å²) in [6, 6.07) is 16.9. The lowest BCUT2D eigenvalue weighted by Crippen LogP contribution is -2.30. The van der Waals surface area contributed by atoms with Crippen LogP contribution in [0.5, 0.6) is 0 Å². The number of rotatable bonds is 6. The van der Waals surface area contributed by atoms with Crippen LogP contribution in [0.15, 0.2) is 54.6 Å². The van der Waals surface area contributed by atoms with E-state index in [1.165, 1.54) is 5.56 Å². The smallest absolute Gasteiger partial charge is 0.320 e. The first kappa shape index (κ1) is 18.5. The van der Waals surface area contributed by atoms with Gasteiger partial charge in [0.05, 0.1) is 0 Å². The van der Waals surface area contributed by atoms with E-state index in [2.05, 4.69) is 12.1 Å². The minimum absolute atomic E-state index is 0.464. The van der Waals surface area contributed by atoms with Crippen molar-refractivity contribution in [3.05, 3.63) is 60.2 Å². The van der Waals surface area contributed by atoms with E-state index >= 15 is 0 Å². The second-order valence-electron chi connectivity index (χ2n) is 4.98. The summed E-state index contributed by atoms with van der Waals surface area (Å²) in [6.07, 6.45) is 1.99. The molecule has 0 heterocycles. The molecule has 0 radical (unpaired) electrons. The highest BCUT2D eigenvalue weighted by molar-refractivity contribution is 5.76. The van der Waals surface area contributed by atoms with E-state index in [9.17, 15) is 9.59 Å². The van der Waals surface area contributed by atoms with Crippen LogP contribution >= 0.6 is 0 Å². The highest BCUT2D eigenvalue weighted by Gasteiger charge is 2.08. The maximum absolute atomic E-state index is 10.5. The molecule has 2 rings (SSSR count). The van der Waals surface area contributed by atoms with Crippen LogP contribution in [0.25, 0.3) is 11.1 Å². The lowest BCUT2D eigenvalue weighted by Gasteiger charge is -2.02. The van der Waals surface area contributed by atoms with Crippen LogP contribution in [0.3, 0.4) is 0 Å². The van der Waals surface area contributed by atoms with Gasteiger partial charge in [-0.15, -0.1) is 0 Å². The number of carboxylic acid groups (broad SMARTS) is 1. The second kappa shape index (κ2) is 10.3. The normalized spacial score (nSPS) is 11.0. The van der Waals surface area contributed by atoms with Crippen LogP contribution in [0.2, 0.25) is 0 Å². The Kier molecular flexibility index (Phi) is 8.28. The predicted octanol–water partition coefficient (Wildman–Crippen LogP) is 2.30. The molecule has 2 aromatic rings. The van der Waals surface area contributed by atoms with Crippen molar-refractivity contribution in [1.29, 1.82) is 0 Å². The molecule has 0 saturated heterocycles. The summed E-state index contributed by atoms with van der Waals surface area (Å²) < 4.78 is 0. The zero-order valence-electron chi connectivity index (χ0n) is 12.9. The SMILES string of the molecule is NCCCC(N)C(=O)O.O=Cc1ccc(-c2ccccc2)cc1. The van der Waals surface area contributed by atoms with Crippen molar-refractivity contribution in [3.8, 4) is 11.1 Å². The third-order valence-corrected chi connectivity index (χ3v) is 3.19. The lowest BCUT2D eigenvalue weighted by atomic mass is 10.0. The number of carboxylic acids is 1. The van der Waals surface area contributed by atoms with E-state index in [-0.39, 0.29) is 0 Å². The van der Waals surface area contributed by atoms with Crippen molar-refractivity contribution in [2.24, 2.45) is 11.5 Å². The highest BCUT2D eigenvalue weighted by atomic mass is 16.4. The maximum Gasteiger partial charge on any atom is 0.320 e. The fraction of sp³-hybridized carbons (Fsp3) is 0.222. The van der Waals surface area contributed by atoms with Gasteiger partial charge in [0.25, 0.3) is 0 Å². The van der Waals surface area contributed by atoms with Crippen molar-refractivity contribution in [3.63, 3.8) is 0 Å². The molecule has 0 fully saturated rings. The van der Waals surface area contributed by atoms with Gasteiger partial charge in [-0.25, -0.2) is 0 Å². The number of nitrogens with two attached hydrogens (primary N) is 2. The third-order valence-electron chi connectivity index (χ3n) is 3.19. The van der Waals surface area contributed by atoms with Crippen molar-refractivity contribution in [1.82, 2.24) is 0 Å². The van der Waals surface area contributed by atoms with Gasteiger partial charge in [-0.05, 0) is 30.5 Å². The Morgan fingerprint density at radius 1 is 1.04 bits per heavy atom. The highest BCUT2D eigenvalue weighted by Crippen LogP contribution is 2.18. The van der Waals surface area contributed by atoms with Gasteiger partial charge in [-0.3, -0.25) is 9.59 Å². The topological polar surface area (TPSA) is 106 Å². The summed E-state index contributed by atoms with van der Waals surface area (Å²) >= 11 is 0. The molecular formula is C18H22N2O3. The summed E-state index contributed by atoms with van der Waals surface area (Å²) in [5.74, 6) is -0.955. The van der Waals surface area contributed by atoms with E-state index in [1.54, 1.807) is 0 Å². The lowest BCUT2D eigenvalue weighted by molar-refractivity contribution is -0.138. The maximum atomic E-state index is 10.5. The molecule has 2 aromatic carbocycles. The third kappa shape index (κ3) is 6.86. The van der Waals surface area contributed by atoms with Gasteiger partial charge >= 0.3 is 5.97 Å². The fourth-order valence-corrected chi connectivity index (χ4v) is 1.85. The van der Waals surface area contributed by atoms with Gasteiger partial charge in [0.2, 0.25) is 0 Å². The molecular weight excluding hydrogens is 292 g/mol. The molecule has 5 nitrogen and oxygen atoms in total. The summed E-state index contributed by atoms with van der Waals surface area (Å²) in [4.78, 5) is 20.5. The first-order chi connectivity index (χ1) is 11.1. The zero-order chi connectivity index (χ0) is 17.1. The summed E-state index contributed by atoms with van der Waals surface area (Å²) in [6.45, 7) is 0.501. The van der Waals surface area contributed by atoms with E-state index in [0.717, 1.165) is 11.8 Å². The quantitative estimate of drug-likeness (QED) is 0.709. The van der Waals surface area contributed by atoms with E-state index in [0.29, 0.717) is 24.9 Å². The molecule has 1 unspecified atom stereocenters. The number of benzene rings is 2. The number of aldehydes is 1. The molecule has 0 saturated carbocycles. The molecule has 23 heavy (non-hydrogen) atoms. The number of hydrogen-bond acceptors (Lipinski definition) is 4. The Morgan fingerprint density at radius 3 is 2.09 bits per heavy atom. The second-order valence-corrected chi connectivity index (χ2v) is 4.98. The molecule has 122 valence electrons. The average molecular weight is 314 g/mol. The number of carbonyl (C=O) groups is 2. The molecule has 5 heteroatoms. The first-order valence-electron chi connectivity index (χ1n) is 7.37. The minimum atomic E-state index is -0.955. The van der Waals surface area contributed by atoms with Crippen LogP contribution in [-0.4, -0.2) is 29.9 Å². The van der Waals surface area contributed by atoms with Gasteiger partial charge in [0.1, 0.15) is 12.3 Å². The molecule has 0 amide bonds. The van der Waals surface area contributed by atoms with Crippen LogP contribution in [0, 0.1) is 0 Å². The van der Waals surface area contributed by atoms with Crippen LogP contribution < -0.4 is 11.5 Å². The van der Waals surface area contributed by atoms with Crippen molar-refractivity contribution < 1.29 is 14.7 Å². The molecule has 0 aliphatic rings. The van der Waals surface area contributed by atoms with Crippen molar-refractivity contribution in [2.75, 3.05) is 6.54 Å². The summed E-state index contributed by atoms with van der Waals surface area (Å²) in [7, 11) is 0.